The van der Waals surface area contributed by atoms with Gasteiger partial charge in [-0.1, -0.05) is 12.1 Å². The van der Waals surface area contributed by atoms with Crippen molar-refractivity contribution < 1.29 is 4.74 Å². The molecular weight excluding hydrogens is 162 g/mol. The van der Waals surface area contributed by atoms with Crippen molar-refractivity contribution in [2.45, 2.75) is 18.9 Å². The summed E-state index contributed by atoms with van der Waals surface area (Å²) in [5.41, 5.74) is 1.26. The van der Waals surface area contributed by atoms with Crippen molar-refractivity contribution in [2.75, 3.05) is 7.11 Å². The van der Waals surface area contributed by atoms with E-state index in [-0.39, 0.29) is 0 Å². The van der Waals surface area contributed by atoms with Crippen LogP contribution in [0.25, 0.3) is 0 Å². The van der Waals surface area contributed by atoms with Crippen molar-refractivity contribution in [3.05, 3.63) is 29.8 Å². The quantitative estimate of drug-likeness (QED) is 0.677. The summed E-state index contributed by atoms with van der Waals surface area (Å²) >= 11 is 0. The summed E-state index contributed by atoms with van der Waals surface area (Å²) in [6.07, 6.45) is 4.24. The Morgan fingerprint density at radius 2 is 2.38 bits per heavy atom. The molecule has 1 aromatic rings. The van der Waals surface area contributed by atoms with Crippen LogP contribution in [0.2, 0.25) is 0 Å². The van der Waals surface area contributed by atoms with Crippen LogP contribution in [0.5, 0.6) is 5.75 Å². The molecule has 1 aromatic carbocycles. The van der Waals surface area contributed by atoms with Gasteiger partial charge in [0.25, 0.3) is 0 Å². The summed E-state index contributed by atoms with van der Waals surface area (Å²) in [5.74, 6) is 0.916. The minimum atomic E-state index is 0.357. The summed E-state index contributed by atoms with van der Waals surface area (Å²) in [7, 11) is 1.69. The maximum atomic E-state index is 5.16. The highest BCUT2D eigenvalue weighted by Gasteiger charge is 2.12. The number of rotatable bonds is 2. The van der Waals surface area contributed by atoms with Gasteiger partial charge in [0.05, 0.1) is 13.2 Å². The highest BCUT2D eigenvalue weighted by molar-refractivity contribution is 5.60. The van der Waals surface area contributed by atoms with Gasteiger partial charge in [-0.15, -0.1) is 0 Å². The Kier molecular flexibility index (Phi) is 2.30. The predicted octanol–water partition coefficient (Wildman–Crippen LogP) is 2.60. The number of ether oxygens (including phenoxy) is 1. The fourth-order valence-corrected chi connectivity index (χ4v) is 1.61. The molecule has 2 nitrogen and oxygen atoms in total. The third kappa shape index (κ3) is 1.72. The Morgan fingerprint density at radius 3 is 3.08 bits per heavy atom. The minimum Gasteiger partial charge on any atom is -0.497 e. The number of methoxy groups -OCH3 is 1. The fraction of sp³-hybridized carbons (Fsp3) is 0.364. The maximum absolute atomic E-state index is 5.16. The van der Waals surface area contributed by atoms with Crippen molar-refractivity contribution >= 4 is 6.21 Å². The van der Waals surface area contributed by atoms with Gasteiger partial charge in [-0.05, 0) is 36.8 Å². The van der Waals surface area contributed by atoms with Gasteiger partial charge in [0, 0.05) is 0 Å². The van der Waals surface area contributed by atoms with Crippen LogP contribution in [0.4, 0.5) is 0 Å². The van der Waals surface area contributed by atoms with E-state index in [2.05, 4.69) is 17.1 Å². The number of nitrogens with zero attached hydrogens (tertiary/aromatic N) is 1. The predicted molar refractivity (Wildman–Crippen MR) is 53.5 cm³/mol. The summed E-state index contributed by atoms with van der Waals surface area (Å²) in [4.78, 5) is 4.40. The molecule has 0 amide bonds. The van der Waals surface area contributed by atoms with Crippen molar-refractivity contribution in [3.8, 4) is 5.75 Å². The molecule has 0 saturated carbocycles. The molecule has 68 valence electrons. The molecule has 1 aliphatic rings. The molecule has 1 atom stereocenters. The SMILES string of the molecule is COc1cccc(C2CCC=N2)c1. The van der Waals surface area contributed by atoms with E-state index < -0.39 is 0 Å². The molecule has 0 aliphatic carbocycles. The summed E-state index contributed by atoms with van der Waals surface area (Å²) in [6.45, 7) is 0. The Bertz CT molecular complexity index is 320. The van der Waals surface area contributed by atoms with E-state index in [0.717, 1.165) is 18.6 Å². The van der Waals surface area contributed by atoms with Gasteiger partial charge in [-0.2, -0.15) is 0 Å². The highest BCUT2D eigenvalue weighted by atomic mass is 16.5. The normalized spacial score (nSPS) is 20.5. The lowest BCUT2D eigenvalue weighted by Crippen LogP contribution is -1.91. The fourth-order valence-electron chi connectivity index (χ4n) is 1.61. The Morgan fingerprint density at radius 1 is 1.46 bits per heavy atom. The molecule has 0 spiro atoms. The first kappa shape index (κ1) is 8.30. The Hall–Kier alpha value is -1.31. The first-order valence-electron chi connectivity index (χ1n) is 4.56. The van der Waals surface area contributed by atoms with Gasteiger partial charge in [0.15, 0.2) is 0 Å². The molecule has 0 N–H and O–H groups in total. The lowest BCUT2D eigenvalue weighted by atomic mass is 10.1. The Balaban J connectivity index is 2.24. The van der Waals surface area contributed by atoms with E-state index in [9.17, 15) is 0 Å². The van der Waals surface area contributed by atoms with Crippen LogP contribution < -0.4 is 4.74 Å². The lowest BCUT2D eigenvalue weighted by molar-refractivity contribution is 0.414. The molecule has 0 aromatic heterocycles. The molecule has 0 saturated heterocycles. The number of hydrogen-bond donors (Lipinski definition) is 0. The molecular formula is C11H13NO. The van der Waals surface area contributed by atoms with Crippen LogP contribution in [-0.2, 0) is 0 Å². The molecule has 0 bridgehead atoms. The lowest BCUT2D eigenvalue weighted by Gasteiger charge is -2.08. The van der Waals surface area contributed by atoms with Gasteiger partial charge < -0.3 is 4.74 Å². The summed E-state index contributed by atoms with van der Waals surface area (Å²) in [6, 6.07) is 8.50. The number of aliphatic imine (C=N–C) groups is 1. The summed E-state index contributed by atoms with van der Waals surface area (Å²) < 4.78 is 5.16. The van der Waals surface area contributed by atoms with Crippen LogP contribution in [0.15, 0.2) is 29.3 Å². The maximum Gasteiger partial charge on any atom is 0.119 e. The third-order valence-electron chi connectivity index (χ3n) is 2.33. The van der Waals surface area contributed by atoms with E-state index >= 15 is 0 Å². The van der Waals surface area contributed by atoms with Crippen LogP contribution in [-0.4, -0.2) is 13.3 Å². The van der Waals surface area contributed by atoms with Crippen molar-refractivity contribution in [1.82, 2.24) is 0 Å². The average molecular weight is 175 g/mol. The first-order valence-corrected chi connectivity index (χ1v) is 4.56. The molecule has 0 radical (unpaired) electrons. The molecule has 0 fully saturated rings. The van der Waals surface area contributed by atoms with Crippen LogP contribution in [0, 0.1) is 0 Å². The minimum absolute atomic E-state index is 0.357. The van der Waals surface area contributed by atoms with E-state index in [1.165, 1.54) is 5.56 Å². The van der Waals surface area contributed by atoms with Gasteiger partial charge in [0.1, 0.15) is 5.75 Å². The third-order valence-corrected chi connectivity index (χ3v) is 2.33. The van der Waals surface area contributed by atoms with Crippen LogP contribution >= 0.6 is 0 Å². The van der Waals surface area contributed by atoms with Crippen LogP contribution in [0.1, 0.15) is 24.4 Å². The second kappa shape index (κ2) is 3.60. The topological polar surface area (TPSA) is 21.6 Å². The average Bonchev–Trinajstić information content (AvgIpc) is 2.71. The molecule has 1 aliphatic heterocycles. The monoisotopic (exact) mass is 175 g/mol. The van der Waals surface area contributed by atoms with Crippen LogP contribution in [0.3, 0.4) is 0 Å². The van der Waals surface area contributed by atoms with Gasteiger partial charge in [-0.25, -0.2) is 0 Å². The van der Waals surface area contributed by atoms with E-state index in [0.29, 0.717) is 6.04 Å². The van der Waals surface area contributed by atoms with Crippen molar-refractivity contribution in [2.24, 2.45) is 4.99 Å². The van der Waals surface area contributed by atoms with E-state index in [4.69, 9.17) is 4.74 Å². The molecule has 2 rings (SSSR count). The Labute approximate surface area is 78.3 Å². The van der Waals surface area contributed by atoms with Crippen molar-refractivity contribution in [3.63, 3.8) is 0 Å². The number of benzene rings is 1. The zero-order valence-corrected chi connectivity index (χ0v) is 7.73. The molecule has 1 unspecified atom stereocenters. The number of hydrogen-bond acceptors (Lipinski definition) is 2. The van der Waals surface area contributed by atoms with Crippen molar-refractivity contribution in [1.29, 1.82) is 0 Å². The van der Waals surface area contributed by atoms with E-state index in [1.54, 1.807) is 7.11 Å². The molecule has 13 heavy (non-hydrogen) atoms. The zero-order chi connectivity index (χ0) is 9.10. The summed E-state index contributed by atoms with van der Waals surface area (Å²) in [5, 5.41) is 0. The first-order chi connectivity index (χ1) is 6.40. The standard InChI is InChI=1S/C11H13NO/c1-13-10-5-2-4-9(8-10)11-6-3-7-12-11/h2,4-5,7-8,11H,3,6H2,1H3. The smallest absolute Gasteiger partial charge is 0.119 e. The van der Waals surface area contributed by atoms with Gasteiger partial charge in [-0.3, -0.25) is 4.99 Å². The largest absolute Gasteiger partial charge is 0.497 e. The van der Waals surface area contributed by atoms with Gasteiger partial charge >= 0.3 is 0 Å². The second-order valence-corrected chi connectivity index (χ2v) is 3.20. The highest BCUT2D eigenvalue weighted by Crippen LogP contribution is 2.28. The second-order valence-electron chi connectivity index (χ2n) is 3.20. The molecule has 1 heterocycles. The van der Waals surface area contributed by atoms with E-state index in [1.807, 2.05) is 18.3 Å². The molecule has 2 heteroatoms. The zero-order valence-electron chi connectivity index (χ0n) is 7.73. The van der Waals surface area contributed by atoms with Gasteiger partial charge in [0.2, 0.25) is 0 Å².